The molecule has 1 heterocycles. The van der Waals surface area contributed by atoms with Gasteiger partial charge in [0, 0.05) is 18.3 Å². The zero-order valence-corrected chi connectivity index (χ0v) is 11.4. The number of nitrogens with zero attached hydrogens (tertiary/aromatic N) is 2. The Bertz CT molecular complexity index is 634. The van der Waals surface area contributed by atoms with Crippen LogP contribution < -0.4 is 10.1 Å². The largest absolute Gasteiger partial charge is 0.481 e. The van der Waals surface area contributed by atoms with Gasteiger partial charge in [0.05, 0.1) is 12.0 Å². The van der Waals surface area contributed by atoms with Gasteiger partial charge in [0.1, 0.15) is 10.7 Å². The number of nitro benzene ring substituents is 1. The first kappa shape index (κ1) is 14.1. The third-order valence-corrected chi connectivity index (χ3v) is 2.99. The maximum absolute atomic E-state index is 11.0. The first-order chi connectivity index (χ1) is 9.63. The second kappa shape index (κ2) is 6.21. The van der Waals surface area contributed by atoms with Gasteiger partial charge < -0.3 is 10.1 Å². The summed E-state index contributed by atoms with van der Waals surface area (Å²) in [7, 11) is 1.52. The molecule has 0 saturated heterocycles. The number of para-hydroxylation sites is 1. The van der Waals surface area contributed by atoms with Gasteiger partial charge in [-0.15, -0.1) is 0 Å². The van der Waals surface area contributed by atoms with E-state index in [0.717, 1.165) is 5.56 Å². The van der Waals surface area contributed by atoms with Crippen molar-refractivity contribution in [3.63, 3.8) is 0 Å². The molecule has 104 valence electrons. The van der Waals surface area contributed by atoms with E-state index in [1.165, 1.54) is 13.2 Å². The van der Waals surface area contributed by atoms with Crippen LogP contribution in [0.25, 0.3) is 0 Å². The number of rotatable bonds is 5. The van der Waals surface area contributed by atoms with Crippen molar-refractivity contribution in [1.29, 1.82) is 0 Å². The van der Waals surface area contributed by atoms with Crippen molar-refractivity contribution in [1.82, 2.24) is 4.98 Å². The number of hydrogen-bond donors (Lipinski definition) is 1. The van der Waals surface area contributed by atoms with Crippen molar-refractivity contribution < 1.29 is 9.66 Å². The molecule has 2 aromatic rings. The van der Waals surface area contributed by atoms with Crippen LogP contribution in [0.4, 0.5) is 11.4 Å². The van der Waals surface area contributed by atoms with Gasteiger partial charge in [0.15, 0.2) is 0 Å². The summed E-state index contributed by atoms with van der Waals surface area (Å²) < 4.78 is 5.12. The maximum Gasteiger partial charge on any atom is 0.310 e. The smallest absolute Gasteiger partial charge is 0.310 e. The number of methoxy groups -OCH3 is 1. The average molecular weight is 294 g/mol. The number of anilines is 1. The Kier molecular flexibility index (Phi) is 4.37. The van der Waals surface area contributed by atoms with Crippen LogP contribution in [0.1, 0.15) is 5.56 Å². The minimum Gasteiger partial charge on any atom is -0.481 e. The zero-order chi connectivity index (χ0) is 14.5. The molecule has 0 aliphatic carbocycles. The molecule has 0 aliphatic rings. The number of benzene rings is 1. The van der Waals surface area contributed by atoms with Crippen LogP contribution in [0.2, 0.25) is 5.02 Å². The number of ether oxygens (including phenoxy) is 1. The zero-order valence-electron chi connectivity index (χ0n) is 10.7. The van der Waals surface area contributed by atoms with Crippen molar-refractivity contribution in [3.05, 3.63) is 57.2 Å². The quantitative estimate of drug-likeness (QED) is 0.676. The number of aromatic nitrogens is 1. The lowest BCUT2D eigenvalue weighted by Gasteiger charge is -2.10. The standard InChI is InChI=1S/C13H12ClN3O3/c1-20-13-9(4-3-7-15-13)8-16-11-6-2-5-10(14)12(11)17(18)19/h2-7,16H,8H2,1H3. The highest BCUT2D eigenvalue weighted by Gasteiger charge is 2.18. The first-order valence-corrected chi connectivity index (χ1v) is 6.16. The predicted octanol–water partition coefficient (Wildman–Crippen LogP) is 3.26. The first-order valence-electron chi connectivity index (χ1n) is 5.78. The van der Waals surface area contributed by atoms with Crippen LogP contribution in [0.15, 0.2) is 36.5 Å². The Hall–Kier alpha value is -2.34. The van der Waals surface area contributed by atoms with Crippen LogP contribution >= 0.6 is 11.6 Å². The van der Waals surface area contributed by atoms with E-state index in [4.69, 9.17) is 16.3 Å². The molecule has 0 spiro atoms. The monoisotopic (exact) mass is 293 g/mol. The number of hydrogen-bond acceptors (Lipinski definition) is 5. The van der Waals surface area contributed by atoms with Gasteiger partial charge in [0.2, 0.25) is 5.88 Å². The summed E-state index contributed by atoms with van der Waals surface area (Å²) in [5.74, 6) is 0.477. The topological polar surface area (TPSA) is 77.3 Å². The molecule has 1 aromatic carbocycles. The molecular formula is C13H12ClN3O3. The van der Waals surface area contributed by atoms with Gasteiger partial charge >= 0.3 is 5.69 Å². The summed E-state index contributed by atoms with van der Waals surface area (Å²) in [5, 5.41) is 14.1. The third kappa shape index (κ3) is 2.97. The summed E-state index contributed by atoms with van der Waals surface area (Å²) in [4.78, 5) is 14.6. The minimum atomic E-state index is -0.509. The van der Waals surface area contributed by atoms with Crippen LogP contribution in [-0.4, -0.2) is 17.0 Å². The molecule has 20 heavy (non-hydrogen) atoms. The van der Waals surface area contributed by atoms with E-state index in [9.17, 15) is 10.1 Å². The van der Waals surface area contributed by atoms with E-state index in [0.29, 0.717) is 18.1 Å². The fourth-order valence-corrected chi connectivity index (χ4v) is 2.02. The van der Waals surface area contributed by atoms with E-state index >= 15 is 0 Å². The molecule has 0 radical (unpaired) electrons. The Balaban J connectivity index is 2.23. The Morgan fingerprint density at radius 2 is 2.20 bits per heavy atom. The lowest BCUT2D eigenvalue weighted by atomic mass is 10.2. The molecule has 0 amide bonds. The molecular weight excluding hydrogens is 282 g/mol. The molecule has 0 fully saturated rings. The summed E-state index contributed by atoms with van der Waals surface area (Å²) in [6.07, 6.45) is 1.62. The fraction of sp³-hybridized carbons (Fsp3) is 0.154. The van der Waals surface area contributed by atoms with E-state index in [-0.39, 0.29) is 10.7 Å². The van der Waals surface area contributed by atoms with Crippen molar-refractivity contribution in [2.75, 3.05) is 12.4 Å². The third-order valence-electron chi connectivity index (χ3n) is 2.68. The SMILES string of the molecule is COc1ncccc1CNc1cccc(Cl)c1[N+](=O)[O-]. The van der Waals surface area contributed by atoms with Gasteiger partial charge in [-0.1, -0.05) is 23.7 Å². The van der Waals surface area contributed by atoms with Gasteiger partial charge in [-0.3, -0.25) is 10.1 Å². The summed E-state index contributed by atoms with van der Waals surface area (Å²) in [6.45, 7) is 0.345. The van der Waals surface area contributed by atoms with E-state index in [2.05, 4.69) is 10.3 Å². The van der Waals surface area contributed by atoms with Crippen molar-refractivity contribution >= 4 is 23.0 Å². The summed E-state index contributed by atoms with van der Waals surface area (Å²) >= 11 is 5.85. The van der Waals surface area contributed by atoms with Crippen molar-refractivity contribution in [2.24, 2.45) is 0 Å². The predicted molar refractivity (Wildman–Crippen MR) is 76.2 cm³/mol. The van der Waals surface area contributed by atoms with Crippen LogP contribution in [0.5, 0.6) is 5.88 Å². The molecule has 0 aliphatic heterocycles. The highest BCUT2D eigenvalue weighted by Crippen LogP contribution is 2.32. The van der Waals surface area contributed by atoms with E-state index in [1.54, 1.807) is 24.4 Å². The molecule has 0 atom stereocenters. The number of nitrogens with one attached hydrogen (secondary N) is 1. The van der Waals surface area contributed by atoms with E-state index < -0.39 is 4.92 Å². The molecule has 0 bridgehead atoms. The number of pyridine rings is 1. The molecule has 6 nitrogen and oxygen atoms in total. The summed E-state index contributed by atoms with van der Waals surface area (Å²) in [6, 6.07) is 8.33. The Labute approximate surface area is 120 Å². The van der Waals surface area contributed by atoms with Gasteiger partial charge in [-0.25, -0.2) is 4.98 Å². The Morgan fingerprint density at radius 3 is 2.90 bits per heavy atom. The van der Waals surface area contributed by atoms with Crippen molar-refractivity contribution in [2.45, 2.75) is 6.54 Å². The second-order valence-corrected chi connectivity index (χ2v) is 4.33. The Morgan fingerprint density at radius 1 is 1.40 bits per heavy atom. The highest BCUT2D eigenvalue weighted by molar-refractivity contribution is 6.33. The number of nitro groups is 1. The number of halogens is 1. The van der Waals surface area contributed by atoms with Gasteiger partial charge in [-0.2, -0.15) is 0 Å². The molecule has 1 N–H and O–H groups in total. The molecule has 2 rings (SSSR count). The molecule has 1 aromatic heterocycles. The van der Waals surface area contributed by atoms with E-state index in [1.807, 2.05) is 6.07 Å². The molecule has 7 heteroatoms. The van der Waals surface area contributed by atoms with Crippen molar-refractivity contribution in [3.8, 4) is 5.88 Å². The second-order valence-electron chi connectivity index (χ2n) is 3.92. The minimum absolute atomic E-state index is 0.0955. The molecule has 0 unspecified atom stereocenters. The maximum atomic E-state index is 11.0. The lowest BCUT2D eigenvalue weighted by molar-refractivity contribution is -0.383. The summed E-state index contributed by atoms with van der Waals surface area (Å²) in [5.41, 5.74) is 1.01. The van der Waals surface area contributed by atoms with Crippen LogP contribution in [0, 0.1) is 10.1 Å². The van der Waals surface area contributed by atoms with Gasteiger partial charge in [0.25, 0.3) is 0 Å². The lowest BCUT2D eigenvalue weighted by Crippen LogP contribution is -2.05. The normalized spacial score (nSPS) is 10.1. The van der Waals surface area contributed by atoms with Crippen LogP contribution in [-0.2, 0) is 6.54 Å². The highest BCUT2D eigenvalue weighted by atomic mass is 35.5. The molecule has 0 saturated carbocycles. The fourth-order valence-electron chi connectivity index (χ4n) is 1.78. The average Bonchev–Trinajstić information content (AvgIpc) is 2.45. The van der Waals surface area contributed by atoms with Crippen LogP contribution in [0.3, 0.4) is 0 Å². The van der Waals surface area contributed by atoms with Gasteiger partial charge in [-0.05, 0) is 18.2 Å².